The number of aromatic amines is 1. The monoisotopic (exact) mass is 193 g/mol. The lowest BCUT2D eigenvalue weighted by atomic mass is 10.1. The molecule has 1 aromatic carbocycles. The first kappa shape index (κ1) is 8.64. The number of H-pyrrole nitrogens is 1. The van der Waals surface area contributed by atoms with E-state index in [2.05, 4.69) is 36.2 Å². The van der Waals surface area contributed by atoms with Crippen LogP contribution in [0.15, 0.2) is 24.3 Å². The molecule has 0 bridgehead atoms. The summed E-state index contributed by atoms with van der Waals surface area (Å²) >= 11 is 5.68. The standard InChI is InChI=1S/C11H12ClN/c1-8-6-10-7-9(4-5-12)2-3-11(10)13-8/h2-3,6-7,13H,4-5H2,1H3. The Bertz CT molecular complexity index is 417. The summed E-state index contributed by atoms with van der Waals surface area (Å²) in [5.74, 6) is 0.689. The van der Waals surface area contributed by atoms with E-state index in [1.807, 2.05) is 0 Å². The minimum absolute atomic E-state index is 0.689. The molecule has 1 aromatic heterocycles. The Labute approximate surface area is 82.7 Å². The van der Waals surface area contributed by atoms with Crippen LogP contribution in [-0.2, 0) is 6.42 Å². The average molecular weight is 194 g/mol. The van der Waals surface area contributed by atoms with Gasteiger partial charge in [-0.3, -0.25) is 0 Å². The maximum Gasteiger partial charge on any atom is 0.0456 e. The molecule has 2 aromatic rings. The fourth-order valence-corrected chi connectivity index (χ4v) is 1.81. The third-order valence-corrected chi connectivity index (χ3v) is 2.39. The Kier molecular flexibility index (Phi) is 2.28. The lowest BCUT2D eigenvalue weighted by Crippen LogP contribution is -1.84. The molecule has 1 N–H and O–H groups in total. The topological polar surface area (TPSA) is 15.8 Å². The highest BCUT2D eigenvalue weighted by molar-refractivity contribution is 6.18. The predicted molar refractivity (Wildman–Crippen MR) is 57.5 cm³/mol. The van der Waals surface area contributed by atoms with Crippen molar-refractivity contribution in [2.75, 3.05) is 5.88 Å². The van der Waals surface area contributed by atoms with Crippen LogP contribution < -0.4 is 0 Å². The molecule has 0 saturated carbocycles. The quantitative estimate of drug-likeness (QED) is 0.705. The van der Waals surface area contributed by atoms with E-state index in [9.17, 15) is 0 Å². The summed E-state index contributed by atoms with van der Waals surface area (Å²) in [4.78, 5) is 3.29. The van der Waals surface area contributed by atoms with Crippen molar-refractivity contribution in [2.24, 2.45) is 0 Å². The van der Waals surface area contributed by atoms with Gasteiger partial charge in [0.25, 0.3) is 0 Å². The SMILES string of the molecule is Cc1cc2cc(CCCl)ccc2[nH]1. The summed E-state index contributed by atoms with van der Waals surface area (Å²) in [5, 5.41) is 1.28. The summed E-state index contributed by atoms with van der Waals surface area (Å²) in [6.07, 6.45) is 0.946. The molecule has 1 heterocycles. The molecule has 2 heteroatoms. The van der Waals surface area contributed by atoms with Gasteiger partial charge in [0, 0.05) is 17.1 Å². The van der Waals surface area contributed by atoms with Gasteiger partial charge in [-0.05, 0) is 42.5 Å². The maximum absolute atomic E-state index is 5.68. The molecule has 0 aliphatic rings. The Hall–Kier alpha value is -0.950. The van der Waals surface area contributed by atoms with Crippen LogP contribution in [0.5, 0.6) is 0 Å². The van der Waals surface area contributed by atoms with Gasteiger partial charge >= 0.3 is 0 Å². The van der Waals surface area contributed by atoms with Gasteiger partial charge in [0.1, 0.15) is 0 Å². The van der Waals surface area contributed by atoms with Gasteiger partial charge in [-0.2, -0.15) is 0 Å². The van der Waals surface area contributed by atoms with Crippen molar-refractivity contribution in [1.29, 1.82) is 0 Å². The Morgan fingerprint density at radius 1 is 1.31 bits per heavy atom. The van der Waals surface area contributed by atoms with Crippen molar-refractivity contribution in [3.05, 3.63) is 35.5 Å². The third kappa shape index (κ3) is 1.70. The molecule has 0 atom stereocenters. The number of rotatable bonds is 2. The van der Waals surface area contributed by atoms with Crippen molar-refractivity contribution >= 4 is 22.5 Å². The number of halogens is 1. The van der Waals surface area contributed by atoms with Gasteiger partial charge in [0.15, 0.2) is 0 Å². The summed E-state index contributed by atoms with van der Waals surface area (Å²) in [6, 6.07) is 8.60. The van der Waals surface area contributed by atoms with E-state index in [0.717, 1.165) is 6.42 Å². The van der Waals surface area contributed by atoms with Crippen molar-refractivity contribution in [2.45, 2.75) is 13.3 Å². The van der Waals surface area contributed by atoms with Crippen molar-refractivity contribution in [1.82, 2.24) is 4.98 Å². The number of alkyl halides is 1. The first-order chi connectivity index (χ1) is 6.29. The molecule has 1 nitrogen and oxygen atoms in total. The van der Waals surface area contributed by atoms with E-state index in [0.29, 0.717) is 5.88 Å². The van der Waals surface area contributed by atoms with Gasteiger partial charge in [0.05, 0.1) is 0 Å². The second kappa shape index (κ2) is 3.43. The molecule has 0 spiro atoms. The predicted octanol–water partition coefficient (Wildman–Crippen LogP) is 3.26. The maximum atomic E-state index is 5.68. The highest BCUT2D eigenvalue weighted by Crippen LogP contribution is 2.17. The number of hydrogen-bond acceptors (Lipinski definition) is 0. The van der Waals surface area contributed by atoms with Gasteiger partial charge in [-0.25, -0.2) is 0 Å². The van der Waals surface area contributed by atoms with Crippen LogP contribution in [0.2, 0.25) is 0 Å². The Morgan fingerprint density at radius 2 is 2.15 bits per heavy atom. The van der Waals surface area contributed by atoms with E-state index in [1.165, 1.54) is 22.2 Å². The molecule has 68 valence electrons. The molecule has 0 fully saturated rings. The number of hydrogen-bond donors (Lipinski definition) is 1. The fraction of sp³-hybridized carbons (Fsp3) is 0.273. The molecular weight excluding hydrogens is 182 g/mol. The lowest BCUT2D eigenvalue weighted by Gasteiger charge is -1.96. The van der Waals surface area contributed by atoms with E-state index in [-0.39, 0.29) is 0 Å². The summed E-state index contributed by atoms with van der Waals surface area (Å²) < 4.78 is 0. The average Bonchev–Trinajstić information content (AvgIpc) is 2.44. The van der Waals surface area contributed by atoms with E-state index >= 15 is 0 Å². The summed E-state index contributed by atoms with van der Waals surface area (Å²) in [5.41, 5.74) is 3.72. The van der Waals surface area contributed by atoms with Gasteiger partial charge < -0.3 is 4.98 Å². The van der Waals surface area contributed by atoms with Gasteiger partial charge in [-0.15, -0.1) is 11.6 Å². The van der Waals surface area contributed by atoms with Crippen LogP contribution in [0.25, 0.3) is 10.9 Å². The summed E-state index contributed by atoms with van der Waals surface area (Å²) in [7, 11) is 0. The Morgan fingerprint density at radius 3 is 2.92 bits per heavy atom. The number of aromatic nitrogens is 1. The van der Waals surface area contributed by atoms with Gasteiger partial charge in [0.2, 0.25) is 0 Å². The van der Waals surface area contributed by atoms with Crippen molar-refractivity contribution < 1.29 is 0 Å². The molecule has 0 unspecified atom stereocenters. The smallest absolute Gasteiger partial charge is 0.0456 e. The molecule has 0 saturated heterocycles. The number of nitrogens with one attached hydrogen (secondary N) is 1. The van der Waals surface area contributed by atoms with E-state index in [1.54, 1.807) is 0 Å². The molecule has 0 radical (unpaired) electrons. The molecule has 0 aliphatic carbocycles. The highest BCUT2D eigenvalue weighted by atomic mass is 35.5. The molecule has 13 heavy (non-hydrogen) atoms. The molecule has 2 rings (SSSR count). The number of benzene rings is 1. The minimum atomic E-state index is 0.689. The molecule has 0 aliphatic heterocycles. The van der Waals surface area contributed by atoms with Crippen LogP contribution in [-0.4, -0.2) is 10.9 Å². The second-order valence-electron chi connectivity index (χ2n) is 3.31. The van der Waals surface area contributed by atoms with Crippen LogP contribution in [0.1, 0.15) is 11.3 Å². The largest absolute Gasteiger partial charge is 0.359 e. The summed E-state index contributed by atoms with van der Waals surface area (Å²) in [6.45, 7) is 2.07. The normalized spacial score (nSPS) is 10.9. The second-order valence-corrected chi connectivity index (χ2v) is 3.69. The highest BCUT2D eigenvalue weighted by Gasteiger charge is 1.98. The lowest BCUT2D eigenvalue weighted by molar-refractivity contribution is 1.16. The van der Waals surface area contributed by atoms with Crippen LogP contribution in [0, 0.1) is 6.92 Å². The van der Waals surface area contributed by atoms with E-state index in [4.69, 9.17) is 11.6 Å². The first-order valence-electron chi connectivity index (χ1n) is 4.44. The van der Waals surface area contributed by atoms with Gasteiger partial charge in [-0.1, -0.05) is 6.07 Å². The van der Waals surface area contributed by atoms with Crippen LogP contribution >= 0.6 is 11.6 Å². The third-order valence-electron chi connectivity index (χ3n) is 2.20. The number of aryl methyl sites for hydroxylation is 2. The van der Waals surface area contributed by atoms with Crippen LogP contribution in [0.4, 0.5) is 0 Å². The van der Waals surface area contributed by atoms with Crippen LogP contribution in [0.3, 0.4) is 0 Å². The van der Waals surface area contributed by atoms with Crippen molar-refractivity contribution in [3.8, 4) is 0 Å². The van der Waals surface area contributed by atoms with E-state index < -0.39 is 0 Å². The van der Waals surface area contributed by atoms with Crippen molar-refractivity contribution in [3.63, 3.8) is 0 Å². The fourth-order valence-electron chi connectivity index (χ4n) is 1.59. The zero-order chi connectivity index (χ0) is 9.26. The zero-order valence-corrected chi connectivity index (χ0v) is 8.36. The minimum Gasteiger partial charge on any atom is -0.359 e. The molecule has 0 amide bonds. The number of fused-ring (bicyclic) bond motifs is 1. The first-order valence-corrected chi connectivity index (χ1v) is 4.97. The zero-order valence-electron chi connectivity index (χ0n) is 7.60. The Balaban J connectivity index is 2.48. The molecular formula is C11H12ClN.